The van der Waals surface area contributed by atoms with Crippen LogP contribution in [-0.4, -0.2) is 5.97 Å². The van der Waals surface area contributed by atoms with E-state index in [0.717, 1.165) is 5.69 Å². The van der Waals surface area contributed by atoms with Crippen molar-refractivity contribution in [3.8, 4) is 5.75 Å². The van der Waals surface area contributed by atoms with Gasteiger partial charge in [-0.2, -0.15) is 10.2 Å². The maximum Gasteiger partial charge on any atom is 0.316 e. The number of benzene rings is 2. The lowest BCUT2D eigenvalue weighted by molar-refractivity contribution is -0.142. The summed E-state index contributed by atoms with van der Waals surface area (Å²) in [5, 5.41) is 8.25. The molecular formula is C17H18N2O2. The molecule has 0 bridgehead atoms. The zero-order valence-corrected chi connectivity index (χ0v) is 12.4. The Kier molecular flexibility index (Phi) is 4.48. The van der Waals surface area contributed by atoms with Crippen LogP contribution in [0.15, 0.2) is 64.8 Å². The lowest BCUT2D eigenvalue weighted by atomic mass is 9.97. The third kappa shape index (κ3) is 4.53. The third-order valence-corrected chi connectivity index (χ3v) is 2.70. The number of hydrogen-bond donors (Lipinski definition) is 0. The first-order valence-electron chi connectivity index (χ1n) is 6.74. The molecule has 0 aliphatic carbocycles. The van der Waals surface area contributed by atoms with Gasteiger partial charge in [0.05, 0.1) is 16.8 Å². The van der Waals surface area contributed by atoms with Gasteiger partial charge in [-0.1, -0.05) is 18.2 Å². The summed E-state index contributed by atoms with van der Waals surface area (Å²) >= 11 is 0. The Morgan fingerprint density at radius 3 is 1.90 bits per heavy atom. The summed E-state index contributed by atoms with van der Waals surface area (Å²) in [7, 11) is 0. The molecule has 0 aliphatic rings. The molecule has 0 radical (unpaired) electrons. The van der Waals surface area contributed by atoms with E-state index in [0.29, 0.717) is 11.4 Å². The van der Waals surface area contributed by atoms with Gasteiger partial charge in [0.2, 0.25) is 0 Å². The van der Waals surface area contributed by atoms with Gasteiger partial charge in [0.25, 0.3) is 0 Å². The molecule has 0 spiro atoms. The fourth-order valence-corrected chi connectivity index (χ4v) is 1.45. The molecule has 0 amide bonds. The Bertz CT molecular complexity index is 626. The third-order valence-electron chi connectivity index (χ3n) is 2.70. The fourth-order valence-electron chi connectivity index (χ4n) is 1.45. The average Bonchev–Trinajstić information content (AvgIpc) is 2.46. The van der Waals surface area contributed by atoms with Crippen LogP contribution in [0.5, 0.6) is 5.75 Å². The van der Waals surface area contributed by atoms with Crippen molar-refractivity contribution < 1.29 is 9.53 Å². The molecule has 2 rings (SSSR count). The zero-order valence-electron chi connectivity index (χ0n) is 12.4. The highest BCUT2D eigenvalue weighted by Crippen LogP contribution is 2.23. The molecule has 0 unspecified atom stereocenters. The molecule has 4 nitrogen and oxygen atoms in total. The van der Waals surface area contributed by atoms with E-state index in [1.807, 2.05) is 51.1 Å². The molecule has 108 valence electrons. The van der Waals surface area contributed by atoms with Gasteiger partial charge in [-0.15, -0.1) is 0 Å². The van der Waals surface area contributed by atoms with Crippen LogP contribution in [0.2, 0.25) is 0 Å². The van der Waals surface area contributed by atoms with Crippen LogP contribution >= 0.6 is 0 Å². The Balaban J connectivity index is 2.03. The van der Waals surface area contributed by atoms with Gasteiger partial charge >= 0.3 is 5.97 Å². The van der Waals surface area contributed by atoms with E-state index in [1.54, 1.807) is 24.3 Å². The predicted molar refractivity (Wildman–Crippen MR) is 82.2 cm³/mol. The Hall–Kier alpha value is -2.49. The van der Waals surface area contributed by atoms with Crippen LogP contribution in [0.4, 0.5) is 11.4 Å². The summed E-state index contributed by atoms with van der Waals surface area (Å²) in [5.41, 5.74) is 0.973. The number of ether oxygens (including phenoxy) is 1. The van der Waals surface area contributed by atoms with Crippen LogP contribution < -0.4 is 4.74 Å². The Morgan fingerprint density at radius 1 is 0.857 bits per heavy atom. The summed E-state index contributed by atoms with van der Waals surface area (Å²) in [6.45, 7) is 5.45. The van der Waals surface area contributed by atoms with Crippen molar-refractivity contribution in [2.75, 3.05) is 0 Å². The van der Waals surface area contributed by atoms with Crippen molar-refractivity contribution in [3.05, 3.63) is 54.6 Å². The van der Waals surface area contributed by atoms with E-state index >= 15 is 0 Å². The largest absolute Gasteiger partial charge is 0.426 e. The van der Waals surface area contributed by atoms with E-state index in [-0.39, 0.29) is 5.97 Å². The number of esters is 1. The second-order valence-electron chi connectivity index (χ2n) is 5.67. The standard InChI is InChI=1S/C17H18N2O2/c1-17(2,3)16(20)21-15-11-9-14(10-12-15)19-18-13-7-5-4-6-8-13/h4-12H,1-3H3. The molecule has 4 heteroatoms. The van der Waals surface area contributed by atoms with E-state index < -0.39 is 5.41 Å². The van der Waals surface area contributed by atoms with Crippen molar-refractivity contribution in [2.24, 2.45) is 15.6 Å². The highest BCUT2D eigenvalue weighted by Gasteiger charge is 2.23. The van der Waals surface area contributed by atoms with Gasteiger partial charge < -0.3 is 4.74 Å². The molecule has 0 aliphatic heterocycles. The second kappa shape index (κ2) is 6.31. The molecule has 0 atom stereocenters. The maximum atomic E-state index is 11.8. The minimum atomic E-state index is -0.522. The Morgan fingerprint density at radius 2 is 1.38 bits per heavy atom. The quantitative estimate of drug-likeness (QED) is 0.449. The first-order chi connectivity index (χ1) is 9.95. The zero-order chi connectivity index (χ0) is 15.3. The van der Waals surface area contributed by atoms with Gasteiger partial charge in [0.1, 0.15) is 5.75 Å². The topological polar surface area (TPSA) is 51.0 Å². The molecular weight excluding hydrogens is 264 g/mol. The van der Waals surface area contributed by atoms with Crippen LogP contribution in [-0.2, 0) is 4.79 Å². The number of hydrogen-bond acceptors (Lipinski definition) is 4. The molecule has 0 N–H and O–H groups in total. The average molecular weight is 282 g/mol. The van der Waals surface area contributed by atoms with Gasteiger partial charge in [-0.05, 0) is 57.2 Å². The smallest absolute Gasteiger partial charge is 0.316 e. The van der Waals surface area contributed by atoms with Gasteiger partial charge in [0, 0.05) is 0 Å². The van der Waals surface area contributed by atoms with Crippen molar-refractivity contribution >= 4 is 17.3 Å². The molecule has 2 aromatic rings. The Labute approximate surface area is 124 Å². The highest BCUT2D eigenvalue weighted by atomic mass is 16.5. The molecule has 0 saturated heterocycles. The molecule has 0 fully saturated rings. The molecule has 0 aromatic heterocycles. The van der Waals surface area contributed by atoms with E-state index in [9.17, 15) is 4.79 Å². The lowest BCUT2D eigenvalue weighted by Gasteiger charge is -2.16. The predicted octanol–water partition coefficient (Wildman–Crippen LogP) is 5.05. The van der Waals surface area contributed by atoms with Gasteiger partial charge in [0.15, 0.2) is 0 Å². The summed E-state index contributed by atoms with van der Waals surface area (Å²) in [6.07, 6.45) is 0. The monoisotopic (exact) mass is 282 g/mol. The van der Waals surface area contributed by atoms with Crippen LogP contribution in [0.1, 0.15) is 20.8 Å². The van der Waals surface area contributed by atoms with E-state index in [2.05, 4.69) is 10.2 Å². The van der Waals surface area contributed by atoms with E-state index in [4.69, 9.17) is 4.74 Å². The fraction of sp³-hybridized carbons (Fsp3) is 0.235. The first-order valence-corrected chi connectivity index (χ1v) is 6.74. The van der Waals surface area contributed by atoms with Crippen LogP contribution in [0.25, 0.3) is 0 Å². The SMILES string of the molecule is CC(C)(C)C(=O)Oc1ccc(N=Nc2ccccc2)cc1. The minimum absolute atomic E-state index is 0.263. The molecule has 21 heavy (non-hydrogen) atoms. The van der Waals surface area contributed by atoms with E-state index in [1.165, 1.54) is 0 Å². The van der Waals surface area contributed by atoms with Gasteiger partial charge in [-0.3, -0.25) is 4.79 Å². The maximum absolute atomic E-state index is 11.8. The highest BCUT2D eigenvalue weighted by molar-refractivity contribution is 5.77. The summed E-state index contributed by atoms with van der Waals surface area (Å²) in [4.78, 5) is 11.8. The summed E-state index contributed by atoms with van der Waals surface area (Å²) in [6, 6.07) is 16.4. The number of azo groups is 1. The lowest BCUT2D eigenvalue weighted by Crippen LogP contribution is -2.25. The summed E-state index contributed by atoms with van der Waals surface area (Å²) in [5.74, 6) is 0.245. The van der Waals surface area contributed by atoms with Crippen molar-refractivity contribution in [1.29, 1.82) is 0 Å². The number of rotatable bonds is 3. The van der Waals surface area contributed by atoms with Crippen LogP contribution in [0, 0.1) is 5.41 Å². The number of nitrogens with zero attached hydrogens (tertiary/aromatic N) is 2. The van der Waals surface area contributed by atoms with Crippen molar-refractivity contribution in [3.63, 3.8) is 0 Å². The second-order valence-corrected chi connectivity index (χ2v) is 5.67. The number of carbonyl (C=O) groups excluding carboxylic acids is 1. The summed E-state index contributed by atoms with van der Waals surface area (Å²) < 4.78 is 5.29. The minimum Gasteiger partial charge on any atom is -0.426 e. The number of carbonyl (C=O) groups is 1. The first kappa shape index (κ1) is 14.9. The normalized spacial score (nSPS) is 11.6. The molecule has 0 saturated carbocycles. The van der Waals surface area contributed by atoms with Crippen LogP contribution in [0.3, 0.4) is 0 Å². The molecule has 2 aromatic carbocycles. The van der Waals surface area contributed by atoms with Crippen molar-refractivity contribution in [1.82, 2.24) is 0 Å². The van der Waals surface area contributed by atoms with Crippen molar-refractivity contribution in [2.45, 2.75) is 20.8 Å². The van der Waals surface area contributed by atoms with Gasteiger partial charge in [-0.25, -0.2) is 0 Å². The molecule has 0 heterocycles.